The fourth-order valence-electron chi connectivity index (χ4n) is 2.27. The molecule has 0 aliphatic carbocycles. The number of pyridine rings is 1. The summed E-state index contributed by atoms with van der Waals surface area (Å²) in [5.74, 6) is -1.03. The van der Waals surface area contributed by atoms with E-state index in [1.165, 1.54) is 18.3 Å². The maximum absolute atomic E-state index is 12.0. The van der Waals surface area contributed by atoms with Gasteiger partial charge in [0.25, 0.3) is 0 Å². The summed E-state index contributed by atoms with van der Waals surface area (Å²) in [6.07, 6.45) is 3.08. The first-order valence-corrected chi connectivity index (χ1v) is 6.45. The summed E-state index contributed by atoms with van der Waals surface area (Å²) in [6.45, 7) is 0.744. The van der Waals surface area contributed by atoms with Crippen molar-refractivity contribution in [3.05, 3.63) is 29.6 Å². The van der Waals surface area contributed by atoms with Gasteiger partial charge in [-0.2, -0.15) is 0 Å². The molecule has 1 unspecified atom stereocenters. The average Bonchev–Trinajstić information content (AvgIpc) is 2.93. The van der Waals surface area contributed by atoms with Gasteiger partial charge in [0.15, 0.2) is 0 Å². The van der Waals surface area contributed by atoms with Crippen LogP contribution in [0.25, 0.3) is 0 Å². The number of nitrogens with zero attached hydrogens (tertiary/aromatic N) is 2. The number of nitrogens with one attached hydrogen (secondary N) is 1. The van der Waals surface area contributed by atoms with Gasteiger partial charge in [-0.05, 0) is 25.0 Å². The first-order valence-electron chi connectivity index (χ1n) is 6.45. The SMILES string of the molecule is O=C(O)c1ccnc(CNC(=O)N2CCCC2CO)c1. The van der Waals surface area contributed by atoms with E-state index in [4.69, 9.17) is 10.2 Å². The van der Waals surface area contributed by atoms with Crippen LogP contribution in [0.1, 0.15) is 28.9 Å². The Hall–Kier alpha value is -2.15. The number of aliphatic hydroxyl groups is 1. The predicted molar refractivity (Wildman–Crippen MR) is 70.2 cm³/mol. The maximum Gasteiger partial charge on any atom is 0.335 e. The largest absolute Gasteiger partial charge is 0.478 e. The molecule has 2 amide bonds. The van der Waals surface area contributed by atoms with Crippen molar-refractivity contribution in [3.63, 3.8) is 0 Å². The minimum absolute atomic E-state index is 0.0415. The third-order valence-corrected chi connectivity index (χ3v) is 3.33. The standard InChI is InChI=1S/C13H17N3O4/c17-8-11-2-1-5-16(11)13(20)15-7-10-6-9(12(18)19)3-4-14-10/h3-4,6,11,17H,1-2,5,7-8H2,(H,15,20)(H,18,19). The molecule has 2 rings (SSSR count). The Kier molecular flexibility index (Phi) is 4.52. The predicted octanol–water partition coefficient (Wildman–Crippen LogP) is 0.446. The topological polar surface area (TPSA) is 103 Å². The third-order valence-electron chi connectivity index (χ3n) is 3.33. The molecule has 7 heteroatoms. The van der Waals surface area contributed by atoms with Crippen LogP contribution in [-0.4, -0.2) is 51.3 Å². The second-order valence-electron chi connectivity index (χ2n) is 4.67. The van der Waals surface area contributed by atoms with Crippen molar-refractivity contribution in [1.29, 1.82) is 0 Å². The van der Waals surface area contributed by atoms with Crippen molar-refractivity contribution >= 4 is 12.0 Å². The Labute approximate surface area is 116 Å². The highest BCUT2D eigenvalue weighted by Gasteiger charge is 2.27. The number of aromatic nitrogens is 1. The lowest BCUT2D eigenvalue weighted by Crippen LogP contribution is -2.43. The molecule has 0 spiro atoms. The smallest absolute Gasteiger partial charge is 0.335 e. The number of rotatable bonds is 4. The lowest BCUT2D eigenvalue weighted by Gasteiger charge is -2.23. The number of amides is 2. The lowest BCUT2D eigenvalue weighted by atomic mass is 10.2. The van der Waals surface area contributed by atoms with Crippen molar-refractivity contribution < 1.29 is 19.8 Å². The third kappa shape index (κ3) is 3.24. The summed E-state index contributed by atoms with van der Waals surface area (Å²) in [5.41, 5.74) is 0.622. The minimum Gasteiger partial charge on any atom is -0.478 e. The van der Waals surface area contributed by atoms with Crippen LogP contribution in [0, 0.1) is 0 Å². The van der Waals surface area contributed by atoms with Crippen LogP contribution in [0.3, 0.4) is 0 Å². The van der Waals surface area contributed by atoms with Gasteiger partial charge in [-0.1, -0.05) is 0 Å². The molecule has 1 aromatic heterocycles. The van der Waals surface area contributed by atoms with E-state index in [1.54, 1.807) is 4.90 Å². The Morgan fingerprint density at radius 2 is 2.30 bits per heavy atom. The molecule has 7 nitrogen and oxygen atoms in total. The van der Waals surface area contributed by atoms with E-state index in [0.717, 1.165) is 12.8 Å². The quantitative estimate of drug-likeness (QED) is 0.742. The van der Waals surface area contributed by atoms with Crippen LogP contribution < -0.4 is 5.32 Å². The number of carbonyl (C=O) groups excluding carboxylic acids is 1. The second-order valence-corrected chi connectivity index (χ2v) is 4.67. The highest BCUT2D eigenvalue weighted by molar-refractivity contribution is 5.87. The Morgan fingerprint density at radius 1 is 1.50 bits per heavy atom. The zero-order chi connectivity index (χ0) is 14.5. The van der Waals surface area contributed by atoms with Gasteiger partial charge in [-0.15, -0.1) is 0 Å². The molecular formula is C13H17N3O4. The zero-order valence-electron chi connectivity index (χ0n) is 11.0. The molecule has 0 aromatic carbocycles. The second kappa shape index (κ2) is 6.33. The Morgan fingerprint density at radius 3 is 3.00 bits per heavy atom. The normalized spacial score (nSPS) is 18.1. The molecule has 0 radical (unpaired) electrons. The summed E-state index contributed by atoms with van der Waals surface area (Å²) in [5, 5.41) is 20.7. The summed E-state index contributed by atoms with van der Waals surface area (Å²) in [7, 11) is 0. The number of carboxylic acids is 1. The molecule has 1 aromatic rings. The molecule has 0 bridgehead atoms. The van der Waals surface area contributed by atoms with Crippen molar-refractivity contribution in [2.45, 2.75) is 25.4 Å². The number of urea groups is 1. The first kappa shape index (κ1) is 14.3. The molecule has 1 aliphatic heterocycles. The Bertz CT molecular complexity index is 506. The van der Waals surface area contributed by atoms with E-state index < -0.39 is 5.97 Å². The van der Waals surface area contributed by atoms with Gasteiger partial charge < -0.3 is 20.4 Å². The van der Waals surface area contributed by atoms with E-state index in [0.29, 0.717) is 12.2 Å². The molecule has 2 heterocycles. The minimum atomic E-state index is -1.03. The van der Waals surface area contributed by atoms with Crippen molar-refractivity contribution in [2.75, 3.05) is 13.2 Å². The van der Waals surface area contributed by atoms with Crippen LogP contribution in [0.5, 0.6) is 0 Å². The molecule has 108 valence electrons. The van der Waals surface area contributed by atoms with Crippen LogP contribution in [-0.2, 0) is 6.54 Å². The van der Waals surface area contributed by atoms with E-state index in [1.807, 2.05) is 0 Å². The number of carboxylic acid groups (broad SMARTS) is 1. The monoisotopic (exact) mass is 279 g/mol. The molecule has 1 atom stereocenters. The van der Waals surface area contributed by atoms with Crippen LogP contribution in [0.15, 0.2) is 18.3 Å². The number of carbonyl (C=O) groups is 2. The molecule has 20 heavy (non-hydrogen) atoms. The van der Waals surface area contributed by atoms with Gasteiger partial charge in [0.2, 0.25) is 0 Å². The summed E-state index contributed by atoms with van der Waals surface area (Å²) < 4.78 is 0. The number of hydrogen-bond acceptors (Lipinski definition) is 4. The van der Waals surface area contributed by atoms with Crippen LogP contribution in [0.2, 0.25) is 0 Å². The van der Waals surface area contributed by atoms with Gasteiger partial charge >= 0.3 is 12.0 Å². The van der Waals surface area contributed by atoms with Crippen LogP contribution >= 0.6 is 0 Å². The number of hydrogen-bond donors (Lipinski definition) is 3. The highest BCUT2D eigenvalue weighted by atomic mass is 16.4. The van der Waals surface area contributed by atoms with E-state index in [9.17, 15) is 9.59 Å². The van der Waals surface area contributed by atoms with Gasteiger partial charge in [-0.25, -0.2) is 9.59 Å². The fourth-order valence-corrected chi connectivity index (χ4v) is 2.27. The van der Waals surface area contributed by atoms with Crippen molar-refractivity contribution in [2.24, 2.45) is 0 Å². The highest BCUT2D eigenvalue weighted by Crippen LogP contribution is 2.16. The van der Waals surface area contributed by atoms with E-state index >= 15 is 0 Å². The summed E-state index contributed by atoms with van der Waals surface area (Å²) in [4.78, 5) is 28.4. The molecular weight excluding hydrogens is 262 g/mol. The van der Waals surface area contributed by atoms with E-state index in [2.05, 4.69) is 10.3 Å². The van der Waals surface area contributed by atoms with Gasteiger partial charge in [0, 0.05) is 12.7 Å². The van der Waals surface area contributed by atoms with Gasteiger partial charge in [0.1, 0.15) is 0 Å². The molecule has 1 saturated heterocycles. The zero-order valence-corrected chi connectivity index (χ0v) is 11.0. The molecule has 0 saturated carbocycles. The van der Waals surface area contributed by atoms with E-state index in [-0.39, 0.29) is 30.8 Å². The maximum atomic E-state index is 12.0. The fraction of sp³-hybridized carbons (Fsp3) is 0.462. The molecule has 1 aliphatic rings. The Balaban J connectivity index is 1.93. The first-order chi connectivity index (χ1) is 9.61. The van der Waals surface area contributed by atoms with Crippen LogP contribution in [0.4, 0.5) is 4.79 Å². The number of likely N-dealkylation sites (tertiary alicyclic amines) is 1. The number of aliphatic hydroxyl groups excluding tert-OH is 1. The van der Waals surface area contributed by atoms with Gasteiger partial charge in [-0.3, -0.25) is 4.98 Å². The molecule has 3 N–H and O–H groups in total. The summed E-state index contributed by atoms with van der Waals surface area (Å²) >= 11 is 0. The van der Waals surface area contributed by atoms with Crippen molar-refractivity contribution in [1.82, 2.24) is 15.2 Å². The summed E-state index contributed by atoms with van der Waals surface area (Å²) in [6, 6.07) is 2.43. The van der Waals surface area contributed by atoms with Crippen molar-refractivity contribution in [3.8, 4) is 0 Å². The molecule has 1 fully saturated rings. The van der Waals surface area contributed by atoms with Gasteiger partial charge in [0.05, 0.1) is 30.5 Å². The average molecular weight is 279 g/mol. The number of aromatic carboxylic acids is 1. The lowest BCUT2D eigenvalue weighted by molar-refractivity contribution is 0.0696.